The number of aryl methyl sites for hydroxylation is 1. The van der Waals surface area contributed by atoms with Crippen molar-refractivity contribution >= 4 is 23.0 Å². The molecular formula is C22H33N5O2. The normalized spacial score (nSPS) is 15.6. The van der Waals surface area contributed by atoms with Gasteiger partial charge in [-0.05, 0) is 43.7 Å². The molecule has 1 aliphatic heterocycles. The van der Waals surface area contributed by atoms with Crippen LogP contribution in [0.4, 0.5) is 4.79 Å². The number of likely N-dealkylation sites (tertiary alicyclic amines) is 1. The molecule has 0 atom stereocenters. The third-order valence-corrected chi connectivity index (χ3v) is 5.54. The molecule has 3 N–H and O–H groups in total. The highest BCUT2D eigenvalue weighted by atomic mass is 16.6. The Kier molecular flexibility index (Phi) is 7.38. The lowest BCUT2D eigenvalue weighted by atomic mass is 10.1. The third-order valence-electron chi connectivity index (χ3n) is 5.54. The van der Waals surface area contributed by atoms with E-state index in [-0.39, 0.29) is 6.09 Å². The molecular weight excluding hydrogens is 366 g/mol. The van der Waals surface area contributed by atoms with E-state index in [1.54, 1.807) is 11.9 Å². The number of para-hydroxylation sites is 1. The summed E-state index contributed by atoms with van der Waals surface area (Å²) in [4.78, 5) is 21.4. The molecule has 29 heavy (non-hydrogen) atoms. The van der Waals surface area contributed by atoms with Crippen LogP contribution in [0, 0.1) is 0 Å². The van der Waals surface area contributed by atoms with E-state index in [2.05, 4.69) is 51.9 Å². The highest BCUT2D eigenvalue weighted by Crippen LogP contribution is 2.22. The summed E-state index contributed by atoms with van der Waals surface area (Å²) in [5.74, 6) is 0.814. The quantitative estimate of drug-likeness (QED) is 0.515. The standard InChI is InChI=1S/C22H33N5O2/c1-4-16-7-6-8-19-17(15-25-20(16)19)9-12-24-21(23-3)26-18-10-13-27(14-11-18)22(28)29-5-2/h6-8,15,18,25H,4-5,9-14H2,1-3H3,(H2,23,24,26). The first-order chi connectivity index (χ1) is 14.2. The Labute approximate surface area is 172 Å². The van der Waals surface area contributed by atoms with Crippen LogP contribution in [-0.2, 0) is 17.6 Å². The van der Waals surface area contributed by atoms with Gasteiger partial charge < -0.3 is 25.3 Å². The molecule has 0 radical (unpaired) electrons. The average molecular weight is 400 g/mol. The summed E-state index contributed by atoms with van der Waals surface area (Å²) in [5.41, 5.74) is 3.93. The number of rotatable bonds is 6. The van der Waals surface area contributed by atoms with E-state index in [1.807, 2.05) is 6.92 Å². The second kappa shape index (κ2) is 10.2. The van der Waals surface area contributed by atoms with Gasteiger partial charge in [0.15, 0.2) is 5.96 Å². The number of aliphatic imine (C=N–C) groups is 1. The van der Waals surface area contributed by atoms with Gasteiger partial charge in [0.1, 0.15) is 0 Å². The Morgan fingerprint density at radius 1 is 1.28 bits per heavy atom. The number of nitrogens with zero attached hydrogens (tertiary/aromatic N) is 2. The Bertz CT molecular complexity index is 837. The van der Waals surface area contributed by atoms with E-state index in [0.29, 0.717) is 25.7 Å². The number of hydrogen-bond donors (Lipinski definition) is 3. The van der Waals surface area contributed by atoms with E-state index >= 15 is 0 Å². The van der Waals surface area contributed by atoms with Crippen LogP contribution in [0.5, 0.6) is 0 Å². The van der Waals surface area contributed by atoms with Crippen LogP contribution >= 0.6 is 0 Å². The second-order valence-corrected chi connectivity index (χ2v) is 7.36. The van der Waals surface area contributed by atoms with Gasteiger partial charge in [-0.3, -0.25) is 4.99 Å². The monoisotopic (exact) mass is 399 g/mol. The van der Waals surface area contributed by atoms with Crippen LogP contribution in [0.1, 0.15) is 37.8 Å². The minimum absolute atomic E-state index is 0.210. The van der Waals surface area contributed by atoms with Crippen LogP contribution in [-0.4, -0.2) is 61.3 Å². The lowest BCUT2D eigenvalue weighted by Crippen LogP contribution is -2.50. The number of piperidine rings is 1. The van der Waals surface area contributed by atoms with Gasteiger partial charge >= 0.3 is 6.09 Å². The molecule has 2 heterocycles. The Morgan fingerprint density at radius 2 is 2.07 bits per heavy atom. The summed E-state index contributed by atoms with van der Waals surface area (Å²) in [6.45, 7) is 6.67. The number of benzene rings is 1. The van der Waals surface area contributed by atoms with Crippen molar-refractivity contribution in [2.75, 3.05) is 33.3 Å². The Morgan fingerprint density at radius 3 is 2.76 bits per heavy atom. The summed E-state index contributed by atoms with van der Waals surface area (Å²) in [6, 6.07) is 6.81. The molecule has 0 spiro atoms. The zero-order valence-electron chi connectivity index (χ0n) is 17.8. The number of H-pyrrole nitrogens is 1. The maximum absolute atomic E-state index is 11.8. The number of nitrogens with one attached hydrogen (secondary N) is 3. The van der Waals surface area contributed by atoms with E-state index in [9.17, 15) is 4.79 Å². The van der Waals surface area contributed by atoms with Crippen molar-refractivity contribution in [3.05, 3.63) is 35.5 Å². The molecule has 7 nitrogen and oxygen atoms in total. The number of guanidine groups is 1. The topological polar surface area (TPSA) is 81.8 Å². The molecule has 0 unspecified atom stereocenters. The molecule has 1 aromatic heterocycles. The van der Waals surface area contributed by atoms with Crippen LogP contribution in [0.15, 0.2) is 29.4 Å². The molecule has 0 bridgehead atoms. The number of amides is 1. The smallest absolute Gasteiger partial charge is 0.409 e. The van der Waals surface area contributed by atoms with Gasteiger partial charge in [0.25, 0.3) is 0 Å². The van der Waals surface area contributed by atoms with Crippen molar-refractivity contribution < 1.29 is 9.53 Å². The van der Waals surface area contributed by atoms with Crippen LogP contribution in [0.3, 0.4) is 0 Å². The Balaban J connectivity index is 1.46. The largest absolute Gasteiger partial charge is 0.450 e. The lowest BCUT2D eigenvalue weighted by Gasteiger charge is -2.32. The molecule has 158 valence electrons. The molecule has 7 heteroatoms. The van der Waals surface area contributed by atoms with Crippen molar-refractivity contribution in [3.8, 4) is 0 Å². The minimum atomic E-state index is -0.210. The predicted octanol–water partition coefficient (Wildman–Crippen LogP) is 3.06. The molecule has 3 rings (SSSR count). The van der Waals surface area contributed by atoms with Crippen molar-refractivity contribution in [1.29, 1.82) is 0 Å². The van der Waals surface area contributed by atoms with Gasteiger partial charge in [-0.15, -0.1) is 0 Å². The van der Waals surface area contributed by atoms with Gasteiger partial charge in [0.05, 0.1) is 6.61 Å². The van der Waals surface area contributed by atoms with Crippen LogP contribution in [0.2, 0.25) is 0 Å². The number of fused-ring (bicyclic) bond motifs is 1. The summed E-state index contributed by atoms with van der Waals surface area (Å²) in [7, 11) is 1.79. The number of aromatic amines is 1. The van der Waals surface area contributed by atoms with Gasteiger partial charge in [0.2, 0.25) is 0 Å². The van der Waals surface area contributed by atoms with Crippen LogP contribution < -0.4 is 10.6 Å². The third kappa shape index (κ3) is 5.22. The van der Waals surface area contributed by atoms with Crippen molar-refractivity contribution in [2.24, 2.45) is 4.99 Å². The lowest BCUT2D eigenvalue weighted by molar-refractivity contribution is 0.0963. The minimum Gasteiger partial charge on any atom is -0.450 e. The molecule has 1 saturated heterocycles. The van der Waals surface area contributed by atoms with Gasteiger partial charge in [-0.1, -0.05) is 25.1 Å². The Hall–Kier alpha value is -2.70. The fourth-order valence-corrected chi connectivity index (χ4v) is 3.90. The zero-order valence-corrected chi connectivity index (χ0v) is 17.8. The summed E-state index contributed by atoms with van der Waals surface area (Å²) in [6.07, 6.45) is 5.64. The molecule has 1 aliphatic rings. The number of aromatic nitrogens is 1. The molecule has 1 aromatic carbocycles. The van der Waals surface area contributed by atoms with Crippen LogP contribution in [0.25, 0.3) is 10.9 Å². The molecule has 0 saturated carbocycles. The van der Waals surface area contributed by atoms with Crippen molar-refractivity contribution in [1.82, 2.24) is 20.5 Å². The highest BCUT2D eigenvalue weighted by molar-refractivity contribution is 5.86. The first kappa shape index (κ1) is 21.0. The predicted molar refractivity (Wildman–Crippen MR) is 117 cm³/mol. The molecule has 2 aromatic rings. The maximum Gasteiger partial charge on any atom is 0.409 e. The highest BCUT2D eigenvalue weighted by Gasteiger charge is 2.24. The zero-order chi connectivity index (χ0) is 20.6. The van der Waals surface area contributed by atoms with Crippen molar-refractivity contribution in [3.63, 3.8) is 0 Å². The summed E-state index contributed by atoms with van der Waals surface area (Å²) >= 11 is 0. The fraction of sp³-hybridized carbons (Fsp3) is 0.545. The number of hydrogen-bond acceptors (Lipinski definition) is 3. The van der Waals surface area contributed by atoms with Gasteiger partial charge in [0, 0.05) is 49.8 Å². The van der Waals surface area contributed by atoms with E-state index in [0.717, 1.165) is 38.2 Å². The van der Waals surface area contributed by atoms with E-state index in [4.69, 9.17) is 4.74 Å². The number of carbonyl (C=O) groups excluding carboxylic acids is 1. The molecule has 1 amide bonds. The van der Waals surface area contributed by atoms with E-state index in [1.165, 1.54) is 22.0 Å². The fourth-order valence-electron chi connectivity index (χ4n) is 3.90. The van der Waals surface area contributed by atoms with Gasteiger partial charge in [-0.2, -0.15) is 0 Å². The average Bonchev–Trinajstić information content (AvgIpc) is 3.17. The molecule has 0 aliphatic carbocycles. The molecule has 1 fully saturated rings. The summed E-state index contributed by atoms with van der Waals surface area (Å²) in [5, 5.41) is 8.21. The number of ether oxygens (including phenoxy) is 1. The van der Waals surface area contributed by atoms with Gasteiger partial charge in [-0.25, -0.2) is 4.79 Å². The maximum atomic E-state index is 11.8. The number of carbonyl (C=O) groups is 1. The summed E-state index contributed by atoms with van der Waals surface area (Å²) < 4.78 is 5.08. The van der Waals surface area contributed by atoms with Crippen molar-refractivity contribution in [2.45, 2.75) is 45.6 Å². The first-order valence-electron chi connectivity index (χ1n) is 10.6. The second-order valence-electron chi connectivity index (χ2n) is 7.36. The SMILES string of the molecule is CCOC(=O)N1CCC(NC(=NC)NCCc2c[nH]c3c(CC)cccc23)CC1. The first-order valence-corrected chi connectivity index (χ1v) is 10.6. The van der Waals surface area contributed by atoms with E-state index < -0.39 is 0 Å².